The molecule has 0 aliphatic heterocycles. The maximum Gasteiger partial charge on any atom is 0.358 e. The molecule has 0 spiro atoms. The van der Waals surface area contributed by atoms with E-state index in [4.69, 9.17) is 10.8 Å². The van der Waals surface area contributed by atoms with E-state index >= 15 is 0 Å². The van der Waals surface area contributed by atoms with Crippen molar-refractivity contribution in [2.75, 3.05) is 6.54 Å². The molecule has 0 aliphatic carbocycles. The highest BCUT2D eigenvalue weighted by Gasteiger charge is 2.21. The summed E-state index contributed by atoms with van der Waals surface area (Å²) in [4.78, 5) is 11.0. The van der Waals surface area contributed by atoms with Crippen LogP contribution in [0, 0.1) is 0 Å². The minimum Gasteiger partial charge on any atom is -0.476 e. The van der Waals surface area contributed by atoms with Gasteiger partial charge in [-0.05, 0) is 19.4 Å². The van der Waals surface area contributed by atoms with E-state index in [1.54, 1.807) is 4.68 Å². The Morgan fingerprint density at radius 3 is 2.56 bits per heavy atom. The fraction of sp³-hybridized carbons (Fsp3) is 0.700. The van der Waals surface area contributed by atoms with Gasteiger partial charge in [0, 0.05) is 6.42 Å². The van der Waals surface area contributed by atoms with Gasteiger partial charge in [-0.25, -0.2) is 9.48 Å². The highest BCUT2D eigenvalue weighted by Crippen LogP contribution is 2.18. The van der Waals surface area contributed by atoms with Gasteiger partial charge in [-0.3, -0.25) is 0 Å². The molecule has 16 heavy (non-hydrogen) atoms. The van der Waals surface area contributed by atoms with Crippen molar-refractivity contribution in [3.05, 3.63) is 11.4 Å². The van der Waals surface area contributed by atoms with Crippen LogP contribution >= 0.6 is 0 Å². The number of nitrogens with zero attached hydrogens (tertiary/aromatic N) is 3. The number of hydrogen-bond acceptors (Lipinski definition) is 4. The second-order valence-electron chi connectivity index (χ2n) is 3.64. The SMILES string of the molecule is CCC(CC)n1nnc(C(=O)O)c1CCN. The largest absolute Gasteiger partial charge is 0.476 e. The fourth-order valence-corrected chi connectivity index (χ4v) is 1.78. The molecule has 90 valence electrons. The lowest BCUT2D eigenvalue weighted by molar-refractivity contribution is 0.0689. The van der Waals surface area contributed by atoms with Crippen LogP contribution in [0.3, 0.4) is 0 Å². The molecule has 3 N–H and O–H groups in total. The molecule has 1 aromatic rings. The number of hydrogen-bond donors (Lipinski definition) is 2. The van der Waals surface area contributed by atoms with E-state index in [2.05, 4.69) is 10.3 Å². The first-order chi connectivity index (χ1) is 7.65. The van der Waals surface area contributed by atoms with E-state index < -0.39 is 5.97 Å². The summed E-state index contributed by atoms with van der Waals surface area (Å²) in [5.74, 6) is -1.04. The van der Waals surface area contributed by atoms with Gasteiger partial charge in [-0.15, -0.1) is 5.10 Å². The number of rotatable bonds is 6. The number of nitrogens with two attached hydrogens (primary N) is 1. The van der Waals surface area contributed by atoms with E-state index in [1.165, 1.54) is 0 Å². The van der Waals surface area contributed by atoms with E-state index in [1.807, 2.05) is 13.8 Å². The third-order valence-corrected chi connectivity index (χ3v) is 2.66. The minimum atomic E-state index is -1.04. The van der Waals surface area contributed by atoms with Gasteiger partial charge in [0.25, 0.3) is 0 Å². The highest BCUT2D eigenvalue weighted by molar-refractivity contribution is 5.86. The molecule has 0 bridgehead atoms. The standard InChI is InChI=1S/C10H18N4O2/c1-3-7(4-2)14-8(5-6-11)9(10(15)16)12-13-14/h7H,3-6,11H2,1-2H3,(H,15,16). The van der Waals surface area contributed by atoms with Gasteiger partial charge in [0.1, 0.15) is 0 Å². The lowest BCUT2D eigenvalue weighted by Crippen LogP contribution is -2.17. The van der Waals surface area contributed by atoms with Crippen LogP contribution in [-0.4, -0.2) is 32.6 Å². The summed E-state index contributed by atoms with van der Waals surface area (Å²) in [5, 5.41) is 16.6. The first-order valence-corrected chi connectivity index (χ1v) is 5.53. The summed E-state index contributed by atoms with van der Waals surface area (Å²) in [5.41, 5.74) is 6.13. The normalized spacial score (nSPS) is 11.0. The Bertz CT molecular complexity index is 358. The van der Waals surface area contributed by atoms with Crippen molar-refractivity contribution in [2.24, 2.45) is 5.73 Å². The second-order valence-corrected chi connectivity index (χ2v) is 3.64. The Morgan fingerprint density at radius 2 is 2.12 bits per heavy atom. The number of aromatic nitrogens is 3. The molecular weight excluding hydrogens is 208 g/mol. The first kappa shape index (κ1) is 12.6. The van der Waals surface area contributed by atoms with Crippen LogP contribution in [0.15, 0.2) is 0 Å². The van der Waals surface area contributed by atoms with Crippen molar-refractivity contribution in [1.82, 2.24) is 15.0 Å². The summed E-state index contributed by atoms with van der Waals surface area (Å²) < 4.78 is 1.70. The monoisotopic (exact) mass is 226 g/mol. The summed E-state index contributed by atoms with van der Waals surface area (Å²) >= 11 is 0. The van der Waals surface area contributed by atoms with Gasteiger partial charge < -0.3 is 10.8 Å². The number of carboxylic acid groups (broad SMARTS) is 1. The molecule has 1 heterocycles. The van der Waals surface area contributed by atoms with Gasteiger partial charge in [-0.2, -0.15) is 0 Å². The zero-order valence-corrected chi connectivity index (χ0v) is 9.68. The molecule has 0 amide bonds. The Labute approximate surface area is 94.4 Å². The highest BCUT2D eigenvalue weighted by atomic mass is 16.4. The topological polar surface area (TPSA) is 94.0 Å². The van der Waals surface area contributed by atoms with Crippen LogP contribution in [0.1, 0.15) is 48.9 Å². The van der Waals surface area contributed by atoms with Gasteiger partial charge in [0.05, 0.1) is 11.7 Å². The van der Waals surface area contributed by atoms with E-state index in [0.29, 0.717) is 18.7 Å². The van der Waals surface area contributed by atoms with Crippen LogP contribution in [0.4, 0.5) is 0 Å². The molecule has 6 nitrogen and oxygen atoms in total. The van der Waals surface area contributed by atoms with Crippen molar-refractivity contribution in [3.8, 4) is 0 Å². The molecular formula is C10H18N4O2. The third kappa shape index (κ3) is 2.38. The van der Waals surface area contributed by atoms with Gasteiger partial charge >= 0.3 is 5.97 Å². The fourth-order valence-electron chi connectivity index (χ4n) is 1.78. The predicted molar refractivity (Wildman–Crippen MR) is 59.4 cm³/mol. The van der Waals surface area contributed by atoms with Crippen LogP contribution in [0.2, 0.25) is 0 Å². The summed E-state index contributed by atoms with van der Waals surface area (Å²) in [6.45, 7) is 4.48. The smallest absolute Gasteiger partial charge is 0.358 e. The van der Waals surface area contributed by atoms with Gasteiger partial charge in [-0.1, -0.05) is 19.1 Å². The summed E-state index contributed by atoms with van der Waals surface area (Å²) in [6.07, 6.45) is 2.29. The molecule has 0 saturated carbocycles. The maximum atomic E-state index is 11.0. The van der Waals surface area contributed by atoms with Crippen molar-refractivity contribution in [3.63, 3.8) is 0 Å². The van der Waals surface area contributed by atoms with Crippen LogP contribution in [-0.2, 0) is 6.42 Å². The quantitative estimate of drug-likeness (QED) is 0.749. The molecule has 0 radical (unpaired) electrons. The van der Waals surface area contributed by atoms with Gasteiger partial charge in [0.15, 0.2) is 5.69 Å². The molecule has 6 heteroatoms. The van der Waals surface area contributed by atoms with Crippen molar-refractivity contribution < 1.29 is 9.90 Å². The molecule has 0 aliphatic rings. The van der Waals surface area contributed by atoms with E-state index in [9.17, 15) is 4.79 Å². The lowest BCUT2D eigenvalue weighted by atomic mass is 10.1. The predicted octanol–water partition coefficient (Wildman–Crippen LogP) is 0.839. The zero-order valence-electron chi connectivity index (χ0n) is 9.68. The van der Waals surface area contributed by atoms with Crippen molar-refractivity contribution in [2.45, 2.75) is 39.2 Å². The van der Waals surface area contributed by atoms with Crippen LogP contribution < -0.4 is 5.73 Å². The Balaban J connectivity index is 3.13. The van der Waals surface area contributed by atoms with E-state index in [-0.39, 0.29) is 11.7 Å². The van der Waals surface area contributed by atoms with Crippen molar-refractivity contribution >= 4 is 5.97 Å². The molecule has 1 rings (SSSR count). The number of carboxylic acids is 1. The number of carbonyl (C=O) groups is 1. The average molecular weight is 226 g/mol. The third-order valence-electron chi connectivity index (χ3n) is 2.66. The van der Waals surface area contributed by atoms with Crippen LogP contribution in [0.5, 0.6) is 0 Å². The summed E-state index contributed by atoms with van der Waals surface area (Å²) in [6, 6.07) is 0.196. The zero-order chi connectivity index (χ0) is 12.1. The minimum absolute atomic E-state index is 0.0253. The molecule has 0 unspecified atom stereocenters. The Morgan fingerprint density at radius 1 is 1.50 bits per heavy atom. The molecule has 0 atom stereocenters. The first-order valence-electron chi connectivity index (χ1n) is 5.53. The van der Waals surface area contributed by atoms with E-state index in [0.717, 1.165) is 12.8 Å². The Hall–Kier alpha value is -1.43. The molecule has 0 saturated heterocycles. The molecule has 0 fully saturated rings. The molecule has 1 aromatic heterocycles. The Kier molecular flexibility index (Phi) is 4.42. The lowest BCUT2D eigenvalue weighted by Gasteiger charge is -2.15. The number of aromatic carboxylic acids is 1. The van der Waals surface area contributed by atoms with Crippen LogP contribution in [0.25, 0.3) is 0 Å². The average Bonchev–Trinajstić information content (AvgIpc) is 2.65. The summed E-state index contributed by atoms with van der Waals surface area (Å²) in [7, 11) is 0. The molecule has 0 aromatic carbocycles. The van der Waals surface area contributed by atoms with Crippen molar-refractivity contribution in [1.29, 1.82) is 0 Å². The second kappa shape index (κ2) is 5.60. The van der Waals surface area contributed by atoms with Gasteiger partial charge in [0.2, 0.25) is 0 Å². The maximum absolute atomic E-state index is 11.0.